The van der Waals surface area contributed by atoms with Gasteiger partial charge in [0, 0.05) is 16.1 Å². The average Bonchev–Trinajstić information content (AvgIpc) is 2.94. The summed E-state index contributed by atoms with van der Waals surface area (Å²) >= 11 is 8.97. The van der Waals surface area contributed by atoms with Gasteiger partial charge in [0.1, 0.15) is 0 Å². The average molecular weight is 605 g/mol. The maximum Gasteiger partial charge on any atom is 0.363 e. The molecule has 0 saturated carbocycles. The number of nitrogens with zero attached hydrogens (tertiary/aromatic N) is 1. The molecule has 0 radical (unpaired) electrons. The second-order valence-corrected chi connectivity index (χ2v) is 8.58. The van der Waals surface area contributed by atoms with Crippen LogP contribution in [0.2, 0.25) is 0 Å². The predicted molar refractivity (Wildman–Crippen MR) is 118 cm³/mol. The van der Waals surface area contributed by atoms with Gasteiger partial charge in [0.25, 0.3) is 0 Å². The summed E-state index contributed by atoms with van der Waals surface area (Å²) in [7, 11) is 0. The van der Waals surface area contributed by atoms with Crippen molar-refractivity contribution in [1.29, 1.82) is 0 Å². The molecule has 0 aliphatic carbocycles. The van der Waals surface area contributed by atoms with Crippen molar-refractivity contribution in [1.82, 2.24) is 0 Å². The van der Waals surface area contributed by atoms with Gasteiger partial charge in [-0.3, -0.25) is 4.79 Å². The molecule has 138 valence electrons. The number of halogens is 3. The second kappa shape index (κ2) is 8.24. The minimum absolute atomic E-state index is 0.195. The molecule has 0 unspecified atom stereocenters. The number of benzene rings is 2. The Morgan fingerprint density at radius 1 is 1.22 bits per heavy atom. The first-order valence-electron chi connectivity index (χ1n) is 7.71. The molecule has 0 atom stereocenters. The summed E-state index contributed by atoms with van der Waals surface area (Å²) in [5, 5.41) is 0. The summed E-state index contributed by atoms with van der Waals surface area (Å²) in [6.45, 7) is 3.31. The molecular weight excluding hydrogens is 593 g/mol. The lowest BCUT2D eigenvalue weighted by atomic mass is 10.1. The molecule has 8 heteroatoms. The van der Waals surface area contributed by atoms with Crippen molar-refractivity contribution >= 4 is 78.4 Å². The van der Waals surface area contributed by atoms with E-state index in [0.29, 0.717) is 20.3 Å². The van der Waals surface area contributed by atoms with Crippen LogP contribution in [0.5, 0.6) is 5.75 Å². The van der Waals surface area contributed by atoms with Crippen LogP contribution >= 0.6 is 54.5 Å². The molecule has 1 heterocycles. The second-order valence-electron chi connectivity index (χ2n) is 5.71. The standard InChI is InChI=1S/C19H12Br2INO4/c1-9-5-12(3-4-15(9)22)18-23-16(19(25)27-18)8-11-6-13(20)17(14(21)7-11)26-10(2)24/h3-8H,1-2H3/b16-8-. The van der Waals surface area contributed by atoms with Gasteiger partial charge in [0.2, 0.25) is 5.90 Å². The third-order valence-corrected chi connectivity index (χ3v) is 5.98. The Balaban J connectivity index is 1.95. The number of carbonyl (C=O) groups excluding carboxylic acids is 2. The molecule has 5 nitrogen and oxygen atoms in total. The van der Waals surface area contributed by atoms with Gasteiger partial charge in [-0.1, -0.05) is 0 Å². The number of aryl methyl sites for hydroxylation is 1. The number of rotatable bonds is 3. The normalized spacial score (nSPS) is 14.9. The molecule has 3 rings (SSSR count). The van der Waals surface area contributed by atoms with Crippen molar-refractivity contribution in [2.45, 2.75) is 13.8 Å². The Morgan fingerprint density at radius 2 is 1.89 bits per heavy atom. The van der Waals surface area contributed by atoms with Gasteiger partial charge in [-0.05, 0) is 109 Å². The molecule has 27 heavy (non-hydrogen) atoms. The molecule has 0 N–H and O–H groups in total. The van der Waals surface area contributed by atoms with E-state index in [4.69, 9.17) is 9.47 Å². The number of hydrogen-bond acceptors (Lipinski definition) is 5. The summed E-state index contributed by atoms with van der Waals surface area (Å²) in [5.74, 6) is -0.293. The summed E-state index contributed by atoms with van der Waals surface area (Å²) in [6, 6.07) is 9.20. The lowest BCUT2D eigenvalue weighted by Crippen LogP contribution is -2.05. The van der Waals surface area contributed by atoms with E-state index in [0.717, 1.165) is 14.7 Å². The maximum atomic E-state index is 12.2. The van der Waals surface area contributed by atoms with Crippen LogP contribution in [0.25, 0.3) is 6.08 Å². The van der Waals surface area contributed by atoms with Crippen molar-refractivity contribution in [2.24, 2.45) is 4.99 Å². The minimum Gasteiger partial charge on any atom is -0.424 e. The fourth-order valence-corrected chi connectivity index (χ4v) is 4.09. The van der Waals surface area contributed by atoms with Crippen LogP contribution < -0.4 is 4.74 Å². The van der Waals surface area contributed by atoms with E-state index in [9.17, 15) is 9.59 Å². The summed E-state index contributed by atoms with van der Waals surface area (Å²) in [5.41, 5.74) is 2.72. The van der Waals surface area contributed by atoms with Crippen molar-refractivity contribution in [2.75, 3.05) is 0 Å². The van der Waals surface area contributed by atoms with Crippen molar-refractivity contribution in [3.05, 3.63) is 65.2 Å². The minimum atomic E-state index is -0.516. The molecule has 0 saturated heterocycles. The first-order chi connectivity index (χ1) is 12.7. The van der Waals surface area contributed by atoms with Gasteiger partial charge in [-0.2, -0.15) is 0 Å². The molecule has 0 bridgehead atoms. The lowest BCUT2D eigenvalue weighted by molar-refractivity contribution is -0.132. The molecule has 1 aliphatic rings. The van der Waals surface area contributed by atoms with E-state index in [2.05, 4.69) is 59.4 Å². The highest BCUT2D eigenvalue weighted by Gasteiger charge is 2.24. The SMILES string of the molecule is CC(=O)Oc1c(Br)cc(/C=C2\N=C(c3ccc(I)c(C)c3)OC2=O)cc1Br. The number of carbonyl (C=O) groups is 2. The molecule has 0 fully saturated rings. The zero-order valence-corrected chi connectivity index (χ0v) is 19.5. The van der Waals surface area contributed by atoms with Gasteiger partial charge in [-0.25, -0.2) is 9.79 Å². The van der Waals surface area contributed by atoms with E-state index in [-0.39, 0.29) is 11.6 Å². The monoisotopic (exact) mass is 603 g/mol. The molecule has 0 aromatic heterocycles. The fourth-order valence-electron chi connectivity index (χ4n) is 2.37. The Labute approximate surface area is 186 Å². The molecular formula is C19H12Br2INO4. The fraction of sp³-hybridized carbons (Fsp3) is 0.105. The number of ether oxygens (including phenoxy) is 2. The summed E-state index contributed by atoms with van der Waals surface area (Å²) < 4.78 is 12.7. The third kappa shape index (κ3) is 4.67. The molecule has 0 amide bonds. The van der Waals surface area contributed by atoms with Crippen LogP contribution in [0.4, 0.5) is 0 Å². The van der Waals surface area contributed by atoms with E-state index in [1.54, 1.807) is 18.2 Å². The predicted octanol–water partition coefficient (Wildman–Crippen LogP) is 5.39. The highest BCUT2D eigenvalue weighted by molar-refractivity contribution is 14.1. The molecule has 2 aromatic carbocycles. The topological polar surface area (TPSA) is 65.0 Å². The van der Waals surface area contributed by atoms with Crippen LogP contribution in [-0.2, 0) is 14.3 Å². The number of hydrogen-bond donors (Lipinski definition) is 0. The highest BCUT2D eigenvalue weighted by atomic mass is 127. The quantitative estimate of drug-likeness (QED) is 0.204. The summed E-state index contributed by atoms with van der Waals surface area (Å²) in [4.78, 5) is 27.7. The maximum absolute atomic E-state index is 12.2. The van der Waals surface area contributed by atoms with E-state index in [1.165, 1.54) is 6.92 Å². The van der Waals surface area contributed by atoms with E-state index < -0.39 is 11.9 Å². The summed E-state index contributed by atoms with van der Waals surface area (Å²) in [6.07, 6.45) is 1.61. The first kappa shape index (κ1) is 20.2. The van der Waals surface area contributed by atoms with Gasteiger partial charge in [-0.15, -0.1) is 0 Å². The Morgan fingerprint density at radius 3 is 2.48 bits per heavy atom. The zero-order valence-electron chi connectivity index (χ0n) is 14.2. The van der Waals surface area contributed by atoms with Gasteiger partial charge < -0.3 is 9.47 Å². The van der Waals surface area contributed by atoms with Crippen LogP contribution in [0.3, 0.4) is 0 Å². The van der Waals surface area contributed by atoms with Gasteiger partial charge >= 0.3 is 11.9 Å². The van der Waals surface area contributed by atoms with Gasteiger partial charge in [0.05, 0.1) is 8.95 Å². The zero-order chi connectivity index (χ0) is 19.7. The number of aliphatic imine (C=N–C) groups is 1. The number of esters is 2. The van der Waals surface area contributed by atoms with Crippen molar-refractivity contribution < 1.29 is 19.1 Å². The van der Waals surface area contributed by atoms with Crippen LogP contribution in [0.15, 0.2) is 50.0 Å². The van der Waals surface area contributed by atoms with Crippen LogP contribution in [-0.4, -0.2) is 17.8 Å². The largest absolute Gasteiger partial charge is 0.424 e. The van der Waals surface area contributed by atoms with Crippen molar-refractivity contribution in [3.8, 4) is 5.75 Å². The lowest BCUT2D eigenvalue weighted by Gasteiger charge is -2.08. The van der Waals surface area contributed by atoms with E-state index >= 15 is 0 Å². The Bertz CT molecular complexity index is 1010. The Hall–Kier alpha value is -1.52. The molecule has 0 spiro atoms. The van der Waals surface area contributed by atoms with Gasteiger partial charge in [0.15, 0.2) is 11.4 Å². The van der Waals surface area contributed by atoms with E-state index in [1.807, 2.05) is 25.1 Å². The van der Waals surface area contributed by atoms with Crippen LogP contribution in [0, 0.1) is 10.5 Å². The smallest absolute Gasteiger partial charge is 0.363 e. The highest BCUT2D eigenvalue weighted by Crippen LogP contribution is 2.36. The van der Waals surface area contributed by atoms with Crippen LogP contribution in [0.1, 0.15) is 23.6 Å². The number of cyclic esters (lactones) is 1. The van der Waals surface area contributed by atoms with Crippen molar-refractivity contribution in [3.63, 3.8) is 0 Å². The molecule has 2 aromatic rings. The Kier molecular flexibility index (Phi) is 6.17. The molecule has 1 aliphatic heterocycles. The third-order valence-electron chi connectivity index (χ3n) is 3.60. The first-order valence-corrected chi connectivity index (χ1v) is 10.4.